The first-order valence-electron chi connectivity index (χ1n) is 11.0. The van der Waals surface area contributed by atoms with E-state index in [1.54, 1.807) is 30.3 Å². The van der Waals surface area contributed by atoms with E-state index in [9.17, 15) is 14.0 Å². The number of ether oxygens (including phenoxy) is 2. The molecule has 0 heterocycles. The van der Waals surface area contributed by atoms with Crippen LogP contribution in [-0.4, -0.2) is 24.6 Å². The third kappa shape index (κ3) is 8.12. The fourth-order valence-corrected chi connectivity index (χ4v) is 3.19. The largest absolute Gasteiger partial charge is 0.490 e. The molecule has 3 aromatic carbocycles. The number of anilines is 1. The minimum absolute atomic E-state index is 0.0697. The van der Waals surface area contributed by atoms with Crippen molar-refractivity contribution in [3.8, 4) is 11.5 Å². The van der Waals surface area contributed by atoms with Gasteiger partial charge in [0.2, 0.25) is 11.8 Å². The zero-order valence-corrected chi connectivity index (χ0v) is 19.8. The van der Waals surface area contributed by atoms with Crippen LogP contribution in [0.3, 0.4) is 0 Å². The number of nitrogens with one attached hydrogen (secondary N) is 2. The summed E-state index contributed by atoms with van der Waals surface area (Å²) >= 11 is 6.18. The molecule has 9 heteroatoms. The van der Waals surface area contributed by atoms with Gasteiger partial charge in [0.15, 0.2) is 11.5 Å². The molecule has 0 aliphatic heterocycles. The van der Waals surface area contributed by atoms with Gasteiger partial charge in [-0.3, -0.25) is 9.59 Å². The van der Waals surface area contributed by atoms with Crippen molar-refractivity contribution in [2.75, 3.05) is 11.9 Å². The van der Waals surface area contributed by atoms with E-state index in [0.717, 1.165) is 5.56 Å². The Morgan fingerprint density at radius 2 is 1.71 bits per heavy atom. The van der Waals surface area contributed by atoms with Crippen molar-refractivity contribution in [3.05, 3.63) is 88.7 Å². The summed E-state index contributed by atoms with van der Waals surface area (Å²) in [5.41, 5.74) is 3.97. The predicted octanol–water partition coefficient (Wildman–Crippen LogP) is 5.33. The summed E-state index contributed by atoms with van der Waals surface area (Å²) in [6, 6.07) is 18.5. The van der Waals surface area contributed by atoms with Crippen LogP contribution >= 0.6 is 11.6 Å². The summed E-state index contributed by atoms with van der Waals surface area (Å²) in [4.78, 5) is 23.9. The molecule has 0 aliphatic carbocycles. The lowest BCUT2D eigenvalue weighted by atomic mass is 10.2. The van der Waals surface area contributed by atoms with Gasteiger partial charge in [-0.25, -0.2) is 9.82 Å². The van der Waals surface area contributed by atoms with Gasteiger partial charge in [-0.05, 0) is 48.9 Å². The van der Waals surface area contributed by atoms with E-state index in [1.165, 1.54) is 24.4 Å². The van der Waals surface area contributed by atoms with Gasteiger partial charge in [0.25, 0.3) is 0 Å². The van der Waals surface area contributed by atoms with Crippen molar-refractivity contribution in [2.45, 2.75) is 26.4 Å². The van der Waals surface area contributed by atoms with Crippen LogP contribution in [0, 0.1) is 5.82 Å². The first kappa shape index (κ1) is 25.7. The van der Waals surface area contributed by atoms with E-state index in [-0.39, 0.29) is 25.1 Å². The van der Waals surface area contributed by atoms with Gasteiger partial charge in [-0.15, -0.1) is 0 Å². The molecule has 0 atom stereocenters. The molecule has 0 bridgehead atoms. The van der Waals surface area contributed by atoms with Gasteiger partial charge in [0.05, 0.1) is 18.5 Å². The Hall–Kier alpha value is -3.91. The van der Waals surface area contributed by atoms with Gasteiger partial charge in [-0.1, -0.05) is 41.9 Å². The third-order valence-electron chi connectivity index (χ3n) is 4.74. The molecule has 0 aromatic heterocycles. The number of halogens is 2. The Balaban J connectivity index is 1.50. The molecular weight excluding hydrogens is 473 g/mol. The normalized spacial score (nSPS) is 10.7. The van der Waals surface area contributed by atoms with Crippen LogP contribution in [0.25, 0.3) is 0 Å². The highest BCUT2D eigenvalue weighted by Gasteiger charge is 2.10. The number of carbonyl (C=O) groups is 2. The van der Waals surface area contributed by atoms with Crippen LogP contribution in [0.1, 0.15) is 30.9 Å². The van der Waals surface area contributed by atoms with E-state index in [0.29, 0.717) is 28.7 Å². The molecule has 35 heavy (non-hydrogen) atoms. The van der Waals surface area contributed by atoms with Gasteiger partial charge in [0.1, 0.15) is 12.4 Å². The number of benzene rings is 3. The zero-order chi connectivity index (χ0) is 25.0. The van der Waals surface area contributed by atoms with Crippen LogP contribution in [0.4, 0.5) is 10.1 Å². The standard InChI is InChI=1S/C26H25ClFN3O4/c1-2-34-24-15-18(11-12-23(24)35-17-19-7-3-4-8-20(19)27)16-29-31-26(33)14-13-25(32)30-22-10-6-5-9-21(22)28/h3-12,15-16H,2,13-14,17H2,1H3,(H,30,32)(H,31,33). The fourth-order valence-electron chi connectivity index (χ4n) is 3.00. The van der Waals surface area contributed by atoms with Crippen LogP contribution < -0.4 is 20.2 Å². The molecule has 3 rings (SSSR count). The Kier molecular flexibility index (Phi) is 9.62. The van der Waals surface area contributed by atoms with Crippen LogP contribution in [0.15, 0.2) is 71.8 Å². The smallest absolute Gasteiger partial charge is 0.240 e. The number of carbonyl (C=O) groups excluding carboxylic acids is 2. The van der Waals surface area contributed by atoms with Crippen LogP contribution in [-0.2, 0) is 16.2 Å². The molecule has 0 unspecified atom stereocenters. The zero-order valence-electron chi connectivity index (χ0n) is 19.1. The van der Waals surface area contributed by atoms with Crippen molar-refractivity contribution >= 4 is 35.3 Å². The highest BCUT2D eigenvalue weighted by molar-refractivity contribution is 6.31. The highest BCUT2D eigenvalue weighted by atomic mass is 35.5. The predicted molar refractivity (Wildman–Crippen MR) is 133 cm³/mol. The maximum atomic E-state index is 13.6. The first-order valence-corrected chi connectivity index (χ1v) is 11.3. The van der Waals surface area contributed by atoms with Gasteiger partial charge in [0, 0.05) is 23.4 Å². The third-order valence-corrected chi connectivity index (χ3v) is 5.11. The Morgan fingerprint density at radius 3 is 2.49 bits per heavy atom. The molecule has 0 saturated heterocycles. The van der Waals surface area contributed by atoms with E-state index in [2.05, 4.69) is 15.8 Å². The maximum Gasteiger partial charge on any atom is 0.240 e. The molecular formula is C26H25ClFN3O4. The summed E-state index contributed by atoms with van der Waals surface area (Å²) in [5, 5.41) is 6.97. The second kappa shape index (κ2) is 13.1. The average molecular weight is 498 g/mol. The molecule has 2 N–H and O–H groups in total. The number of amides is 2. The van der Waals surface area contributed by atoms with Crippen molar-refractivity contribution in [3.63, 3.8) is 0 Å². The lowest BCUT2D eigenvalue weighted by Crippen LogP contribution is -2.21. The number of hydrogen-bond donors (Lipinski definition) is 2. The molecule has 0 spiro atoms. The number of para-hydroxylation sites is 1. The second-order valence-corrected chi connectivity index (χ2v) is 7.75. The number of rotatable bonds is 11. The molecule has 0 aliphatic rings. The van der Waals surface area contributed by atoms with E-state index in [1.807, 2.05) is 25.1 Å². The first-order chi connectivity index (χ1) is 17.0. The van der Waals surface area contributed by atoms with Crippen LogP contribution in [0.5, 0.6) is 11.5 Å². The summed E-state index contributed by atoms with van der Waals surface area (Å²) in [6.07, 6.45) is 1.25. The van der Waals surface area contributed by atoms with Crippen molar-refractivity contribution in [2.24, 2.45) is 5.10 Å². The van der Waals surface area contributed by atoms with Gasteiger partial charge < -0.3 is 14.8 Å². The van der Waals surface area contributed by atoms with Crippen LogP contribution in [0.2, 0.25) is 5.02 Å². The summed E-state index contributed by atoms with van der Waals surface area (Å²) in [7, 11) is 0. The lowest BCUT2D eigenvalue weighted by Gasteiger charge is -2.13. The molecule has 7 nitrogen and oxygen atoms in total. The van der Waals surface area contributed by atoms with E-state index < -0.39 is 17.6 Å². The topological polar surface area (TPSA) is 89.0 Å². The second-order valence-electron chi connectivity index (χ2n) is 7.34. The van der Waals surface area contributed by atoms with Gasteiger partial charge >= 0.3 is 0 Å². The Labute approximate surface area is 207 Å². The van der Waals surface area contributed by atoms with Crippen molar-refractivity contribution in [1.29, 1.82) is 0 Å². The summed E-state index contributed by atoms with van der Waals surface area (Å²) in [6.45, 7) is 2.59. The SMILES string of the molecule is CCOc1cc(C=NNC(=O)CCC(=O)Nc2ccccc2F)ccc1OCc1ccccc1Cl. The minimum atomic E-state index is -0.540. The van der Waals surface area contributed by atoms with Crippen molar-refractivity contribution < 1.29 is 23.5 Å². The number of nitrogens with zero attached hydrogens (tertiary/aromatic N) is 1. The fraction of sp³-hybridized carbons (Fsp3) is 0.192. The molecule has 182 valence electrons. The van der Waals surface area contributed by atoms with Crippen molar-refractivity contribution in [1.82, 2.24) is 5.43 Å². The number of hydrazone groups is 1. The molecule has 0 saturated carbocycles. The maximum absolute atomic E-state index is 13.6. The summed E-state index contributed by atoms with van der Waals surface area (Å²) in [5.74, 6) is -0.382. The molecule has 0 radical (unpaired) electrons. The van der Waals surface area contributed by atoms with E-state index >= 15 is 0 Å². The Bertz CT molecular complexity index is 1200. The molecule has 0 fully saturated rings. The lowest BCUT2D eigenvalue weighted by molar-refractivity contribution is -0.124. The Morgan fingerprint density at radius 1 is 0.971 bits per heavy atom. The quantitative estimate of drug-likeness (QED) is 0.277. The average Bonchev–Trinajstić information content (AvgIpc) is 2.85. The summed E-state index contributed by atoms with van der Waals surface area (Å²) < 4.78 is 25.1. The minimum Gasteiger partial charge on any atom is -0.490 e. The van der Waals surface area contributed by atoms with Gasteiger partial charge in [-0.2, -0.15) is 5.10 Å². The molecule has 2 amide bonds. The molecule has 3 aromatic rings. The van der Waals surface area contributed by atoms with E-state index in [4.69, 9.17) is 21.1 Å². The number of hydrogen-bond acceptors (Lipinski definition) is 5. The monoisotopic (exact) mass is 497 g/mol. The highest BCUT2D eigenvalue weighted by Crippen LogP contribution is 2.29.